The predicted octanol–water partition coefficient (Wildman–Crippen LogP) is 3.75. The number of carbonyl (C=O) groups excluding carboxylic acids is 1. The third-order valence-corrected chi connectivity index (χ3v) is 4.64. The fourth-order valence-corrected chi connectivity index (χ4v) is 3.15. The van der Waals surface area contributed by atoms with Crippen molar-refractivity contribution in [3.63, 3.8) is 0 Å². The van der Waals surface area contributed by atoms with Crippen molar-refractivity contribution in [1.82, 2.24) is 15.2 Å². The van der Waals surface area contributed by atoms with Crippen molar-refractivity contribution in [2.24, 2.45) is 5.10 Å². The molecule has 0 fully saturated rings. The second-order valence-corrected chi connectivity index (χ2v) is 6.80. The van der Waals surface area contributed by atoms with Crippen LogP contribution in [0.3, 0.4) is 0 Å². The fraction of sp³-hybridized carbons (Fsp3) is 0.304. The maximum atomic E-state index is 12.8. The standard InChI is InChI=1S/C23H26N4O3/c1-3-5-10-15-27-23(29)19-13-8-7-12-18(19)21(26-27)22(28)25-24-16-17-11-6-9-14-20(17)30-4-2/h6-9,11-14,16H,3-5,10,15H2,1-2H3,(H,25,28)/b24-16-. The van der Waals surface area contributed by atoms with Crippen LogP contribution >= 0.6 is 0 Å². The van der Waals surface area contributed by atoms with Gasteiger partial charge in [0.15, 0.2) is 5.69 Å². The molecule has 7 nitrogen and oxygen atoms in total. The highest BCUT2D eigenvalue weighted by molar-refractivity contribution is 6.05. The molecule has 0 bridgehead atoms. The highest BCUT2D eigenvalue weighted by atomic mass is 16.5. The van der Waals surface area contributed by atoms with E-state index in [9.17, 15) is 9.59 Å². The summed E-state index contributed by atoms with van der Waals surface area (Å²) >= 11 is 0. The van der Waals surface area contributed by atoms with Gasteiger partial charge in [0.25, 0.3) is 11.5 Å². The maximum absolute atomic E-state index is 12.8. The zero-order chi connectivity index (χ0) is 21.3. The normalized spacial score (nSPS) is 11.1. The average molecular weight is 406 g/mol. The number of hydrazone groups is 1. The Morgan fingerprint density at radius 3 is 2.60 bits per heavy atom. The lowest BCUT2D eigenvalue weighted by Gasteiger charge is -2.10. The molecular formula is C23H26N4O3. The highest BCUT2D eigenvalue weighted by Gasteiger charge is 2.16. The summed E-state index contributed by atoms with van der Waals surface area (Å²) in [4.78, 5) is 25.5. The minimum Gasteiger partial charge on any atom is -0.493 e. The lowest BCUT2D eigenvalue weighted by atomic mass is 10.1. The zero-order valence-corrected chi connectivity index (χ0v) is 17.3. The first-order valence-electron chi connectivity index (χ1n) is 10.2. The number of rotatable bonds is 9. The number of amides is 1. The number of hydrogen-bond acceptors (Lipinski definition) is 5. The van der Waals surface area contributed by atoms with Crippen LogP contribution in [0.5, 0.6) is 5.75 Å². The molecular weight excluding hydrogens is 380 g/mol. The molecule has 0 aliphatic heterocycles. The number of aryl methyl sites for hydroxylation is 1. The van der Waals surface area contributed by atoms with E-state index < -0.39 is 5.91 Å². The van der Waals surface area contributed by atoms with Gasteiger partial charge in [0, 0.05) is 17.5 Å². The number of unbranched alkanes of at least 4 members (excludes halogenated alkanes) is 2. The van der Waals surface area contributed by atoms with Gasteiger partial charge in [-0.15, -0.1) is 0 Å². The molecule has 7 heteroatoms. The number of aromatic nitrogens is 2. The van der Waals surface area contributed by atoms with Crippen molar-refractivity contribution in [1.29, 1.82) is 0 Å². The van der Waals surface area contributed by atoms with Gasteiger partial charge in [-0.3, -0.25) is 9.59 Å². The van der Waals surface area contributed by atoms with Gasteiger partial charge in [0.2, 0.25) is 0 Å². The summed E-state index contributed by atoms with van der Waals surface area (Å²) in [5.74, 6) is 0.214. The molecule has 0 spiro atoms. The number of ether oxygens (including phenoxy) is 1. The first-order chi connectivity index (χ1) is 14.7. The van der Waals surface area contributed by atoms with E-state index in [1.807, 2.05) is 31.2 Å². The van der Waals surface area contributed by atoms with E-state index in [0.717, 1.165) is 24.8 Å². The Labute approximate surface area is 175 Å². The molecule has 1 N–H and O–H groups in total. The van der Waals surface area contributed by atoms with E-state index in [0.29, 0.717) is 29.7 Å². The van der Waals surface area contributed by atoms with Crippen LogP contribution in [0.25, 0.3) is 10.8 Å². The summed E-state index contributed by atoms with van der Waals surface area (Å²) < 4.78 is 6.93. The van der Waals surface area contributed by atoms with Crippen LogP contribution in [-0.4, -0.2) is 28.5 Å². The van der Waals surface area contributed by atoms with Crippen molar-refractivity contribution in [3.8, 4) is 5.75 Å². The quantitative estimate of drug-likeness (QED) is 0.333. The molecule has 1 heterocycles. The molecule has 30 heavy (non-hydrogen) atoms. The molecule has 3 aromatic rings. The minimum atomic E-state index is -0.472. The van der Waals surface area contributed by atoms with Crippen LogP contribution in [0.2, 0.25) is 0 Å². The summed E-state index contributed by atoms with van der Waals surface area (Å²) in [5.41, 5.74) is 3.26. The first-order valence-corrected chi connectivity index (χ1v) is 10.2. The van der Waals surface area contributed by atoms with Gasteiger partial charge >= 0.3 is 0 Å². The molecule has 1 aromatic heterocycles. The van der Waals surface area contributed by atoms with Crippen LogP contribution in [0.15, 0.2) is 58.4 Å². The Morgan fingerprint density at radius 2 is 1.83 bits per heavy atom. The second-order valence-electron chi connectivity index (χ2n) is 6.80. The van der Waals surface area contributed by atoms with Gasteiger partial charge in [-0.1, -0.05) is 50.1 Å². The smallest absolute Gasteiger partial charge is 0.292 e. The molecule has 0 atom stereocenters. The van der Waals surface area contributed by atoms with E-state index in [4.69, 9.17) is 4.74 Å². The van der Waals surface area contributed by atoms with E-state index in [2.05, 4.69) is 22.5 Å². The van der Waals surface area contributed by atoms with Gasteiger partial charge in [0.05, 0.1) is 18.2 Å². The largest absolute Gasteiger partial charge is 0.493 e. The van der Waals surface area contributed by atoms with Gasteiger partial charge < -0.3 is 4.74 Å². The van der Waals surface area contributed by atoms with Crippen molar-refractivity contribution in [2.45, 2.75) is 39.7 Å². The Bertz CT molecular complexity index is 1110. The highest BCUT2D eigenvalue weighted by Crippen LogP contribution is 2.16. The fourth-order valence-electron chi connectivity index (χ4n) is 3.15. The number of nitrogens with one attached hydrogen (secondary N) is 1. The molecule has 0 radical (unpaired) electrons. The lowest BCUT2D eigenvalue weighted by Crippen LogP contribution is -2.29. The minimum absolute atomic E-state index is 0.178. The third-order valence-electron chi connectivity index (χ3n) is 4.64. The van der Waals surface area contributed by atoms with Crippen molar-refractivity contribution in [3.05, 3.63) is 70.1 Å². The van der Waals surface area contributed by atoms with Crippen LogP contribution in [-0.2, 0) is 6.54 Å². The van der Waals surface area contributed by atoms with Crippen LogP contribution in [0.1, 0.15) is 49.2 Å². The van der Waals surface area contributed by atoms with Gasteiger partial charge in [-0.2, -0.15) is 10.2 Å². The van der Waals surface area contributed by atoms with E-state index in [1.165, 1.54) is 10.9 Å². The predicted molar refractivity (Wildman–Crippen MR) is 118 cm³/mol. The monoisotopic (exact) mass is 406 g/mol. The van der Waals surface area contributed by atoms with Gasteiger partial charge in [-0.05, 0) is 31.5 Å². The van der Waals surface area contributed by atoms with E-state index in [1.54, 1.807) is 24.3 Å². The SMILES string of the molecule is CCCCCn1nc(C(=O)N/N=C\c2ccccc2OCC)c2ccccc2c1=O. The van der Waals surface area contributed by atoms with Crippen LogP contribution in [0.4, 0.5) is 0 Å². The average Bonchev–Trinajstić information content (AvgIpc) is 2.77. The molecule has 2 aromatic carbocycles. The summed E-state index contributed by atoms with van der Waals surface area (Å²) in [5, 5.41) is 9.38. The topological polar surface area (TPSA) is 85.6 Å². The number of para-hydroxylation sites is 1. The number of carbonyl (C=O) groups is 1. The number of fused-ring (bicyclic) bond motifs is 1. The third kappa shape index (κ3) is 4.92. The Hall–Kier alpha value is -3.48. The van der Waals surface area contributed by atoms with Crippen LogP contribution < -0.4 is 15.7 Å². The molecule has 156 valence electrons. The first kappa shape index (κ1) is 21.2. The number of benzene rings is 2. The summed E-state index contributed by atoms with van der Waals surface area (Å²) in [6.45, 7) is 5.01. The van der Waals surface area contributed by atoms with Gasteiger partial charge in [-0.25, -0.2) is 10.1 Å². The van der Waals surface area contributed by atoms with E-state index in [-0.39, 0.29) is 11.3 Å². The zero-order valence-electron chi connectivity index (χ0n) is 17.3. The molecule has 0 aliphatic carbocycles. The summed E-state index contributed by atoms with van der Waals surface area (Å²) in [6.07, 6.45) is 4.39. The Morgan fingerprint density at radius 1 is 1.10 bits per heavy atom. The second kappa shape index (κ2) is 10.3. The van der Waals surface area contributed by atoms with Crippen molar-refractivity contribution >= 4 is 22.9 Å². The summed E-state index contributed by atoms with van der Waals surface area (Å²) in [6, 6.07) is 14.4. The molecule has 0 saturated carbocycles. The molecule has 3 rings (SSSR count). The van der Waals surface area contributed by atoms with Crippen molar-refractivity contribution < 1.29 is 9.53 Å². The molecule has 0 aliphatic rings. The van der Waals surface area contributed by atoms with Crippen LogP contribution in [0, 0.1) is 0 Å². The van der Waals surface area contributed by atoms with Gasteiger partial charge in [0.1, 0.15) is 5.75 Å². The molecule has 0 unspecified atom stereocenters. The maximum Gasteiger partial charge on any atom is 0.292 e. The molecule has 0 saturated heterocycles. The molecule has 1 amide bonds. The number of nitrogens with zero attached hydrogens (tertiary/aromatic N) is 3. The Kier molecular flexibility index (Phi) is 7.32. The lowest BCUT2D eigenvalue weighted by molar-refractivity contribution is 0.0949. The van der Waals surface area contributed by atoms with Crippen molar-refractivity contribution in [2.75, 3.05) is 6.61 Å². The number of hydrogen-bond donors (Lipinski definition) is 1. The summed E-state index contributed by atoms with van der Waals surface area (Å²) in [7, 11) is 0. The Balaban J connectivity index is 1.87. The van der Waals surface area contributed by atoms with E-state index >= 15 is 0 Å².